The Morgan fingerprint density at radius 2 is 2.05 bits per heavy atom. The highest BCUT2D eigenvalue weighted by molar-refractivity contribution is 7.89. The van der Waals surface area contributed by atoms with Crippen molar-refractivity contribution in [1.82, 2.24) is 10.0 Å². The SMILES string of the molecule is CCCc1ccc(S(=O)(=O)NCC[C@@H]2CCCN2)cc1. The average Bonchev–Trinajstić information content (AvgIpc) is 2.93. The number of aryl methyl sites for hydroxylation is 1. The third-order valence-corrected chi connectivity index (χ3v) is 5.20. The van der Waals surface area contributed by atoms with Crippen LogP contribution in [0.15, 0.2) is 29.2 Å². The van der Waals surface area contributed by atoms with Crippen LogP contribution in [0.25, 0.3) is 0 Å². The van der Waals surface area contributed by atoms with E-state index in [1.807, 2.05) is 12.1 Å². The van der Waals surface area contributed by atoms with E-state index >= 15 is 0 Å². The van der Waals surface area contributed by atoms with E-state index < -0.39 is 10.0 Å². The molecule has 0 saturated carbocycles. The molecule has 1 aliphatic heterocycles. The van der Waals surface area contributed by atoms with Gasteiger partial charge in [-0.15, -0.1) is 0 Å². The quantitative estimate of drug-likeness (QED) is 0.810. The van der Waals surface area contributed by atoms with Gasteiger partial charge in [0.2, 0.25) is 10.0 Å². The molecule has 0 radical (unpaired) electrons. The summed E-state index contributed by atoms with van der Waals surface area (Å²) in [5.74, 6) is 0. The Morgan fingerprint density at radius 3 is 2.65 bits per heavy atom. The number of nitrogens with one attached hydrogen (secondary N) is 2. The van der Waals surface area contributed by atoms with Crippen molar-refractivity contribution in [3.63, 3.8) is 0 Å². The van der Waals surface area contributed by atoms with Crippen LogP contribution in [-0.4, -0.2) is 27.5 Å². The minimum Gasteiger partial charge on any atom is -0.314 e. The highest BCUT2D eigenvalue weighted by Crippen LogP contribution is 2.13. The highest BCUT2D eigenvalue weighted by atomic mass is 32.2. The number of sulfonamides is 1. The van der Waals surface area contributed by atoms with Gasteiger partial charge >= 0.3 is 0 Å². The smallest absolute Gasteiger partial charge is 0.240 e. The lowest BCUT2D eigenvalue weighted by atomic mass is 10.1. The van der Waals surface area contributed by atoms with Crippen molar-refractivity contribution in [2.24, 2.45) is 0 Å². The van der Waals surface area contributed by atoms with Gasteiger partial charge in [-0.1, -0.05) is 25.5 Å². The van der Waals surface area contributed by atoms with Crippen LogP contribution in [0.3, 0.4) is 0 Å². The van der Waals surface area contributed by atoms with Crippen molar-refractivity contribution in [2.75, 3.05) is 13.1 Å². The van der Waals surface area contributed by atoms with E-state index in [9.17, 15) is 8.42 Å². The van der Waals surface area contributed by atoms with E-state index in [2.05, 4.69) is 17.0 Å². The Morgan fingerprint density at radius 1 is 1.30 bits per heavy atom. The topological polar surface area (TPSA) is 58.2 Å². The summed E-state index contributed by atoms with van der Waals surface area (Å²) in [4.78, 5) is 0.358. The van der Waals surface area contributed by atoms with Gasteiger partial charge in [0.05, 0.1) is 4.90 Å². The standard InChI is InChI=1S/C15H24N2O2S/c1-2-4-13-6-8-15(9-7-13)20(18,19)17-12-10-14-5-3-11-16-14/h6-9,14,16-17H,2-5,10-12H2,1H3/t14-/m0/s1. The maximum atomic E-state index is 12.1. The zero-order valence-corrected chi connectivity index (χ0v) is 12.9. The summed E-state index contributed by atoms with van der Waals surface area (Å²) in [6.45, 7) is 3.66. The zero-order valence-electron chi connectivity index (χ0n) is 12.1. The third-order valence-electron chi connectivity index (χ3n) is 3.72. The Hall–Kier alpha value is -0.910. The molecule has 4 nitrogen and oxygen atoms in total. The molecule has 1 aliphatic rings. The lowest BCUT2D eigenvalue weighted by molar-refractivity contribution is 0.539. The fourth-order valence-corrected chi connectivity index (χ4v) is 3.63. The summed E-state index contributed by atoms with van der Waals surface area (Å²) in [7, 11) is -3.36. The van der Waals surface area contributed by atoms with Crippen LogP contribution in [0.5, 0.6) is 0 Å². The number of hydrogen-bond donors (Lipinski definition) is 2. The molecule has 0 spiro atoms. The van der Waals surface area contributed by atoms with Crippen LogP contribution in [0.2, 0.25) is 0 Å². The first-order valence-corrected chi connectivity index (χ1v) is 8.92. The van der Waals surface area contributed by atoms with Gasteiger partial charge < -0.3 is 5.32 Å². The molecule has 5 heteroatoms. The second-order valence-corrected chi connectivity index (χ2v) is 7.14. The number of rotatable bonds is 7. The molecule has 1 heterocycles. The van der Waals surface area contributed by atoms with Gasteiger partial charge in [-0.05, 0) is 49.9 Å². The molecule has 1 aromatic rings. The molecule has 1 fully saturated rings. The molecule has 0 bridgehead atoms. The molecule has 112 valence electrons. The maximum absolute atomic E-state index is 12.1. The predicted octanol–water partition coefficient (Wildman–Crippen LogP) is 2.06. The van der Waals surface area contributed by atoms with Crippen molar-refractivity contribution in [3.8, 4) is 0 Å². The van der Waals surface area contributed by atoms with Crippen LogP contribution >= 0.6 is 0 Å². The minimum atomic E-state index is -3.36. The van der Waals surface area contributed by atoms with Crippen molar-refractivity contribution < 1.29 is 8.42 Å². The van der Waals surface area contributed by atoms with Crippen LogP contribution < -0.4 is 10.0 Å². The zero-order chi connectivity index (χ0) is 14.4. The molecule has 1 aromatic carbocycles. The average molecular weight is 296 g/mol. The minimum absolute atomic E-state index is 0.358. The second-order valence-electron chi connectivity index (χ2n) is 5.37. The molecule has 1 atom stereocenters. The van der Waals surface area contributed by atoms with E-state index in [0.29, 0.717) is 17.5 Å². The summed E-state index contributed by atoms with van der Waals surface area (Å²) < 4.78 is 27.0. The fourth-order valence-electron chi connectivity index (χ4n) is 2.58. The molecule has 0 amide bonds. The first-order valence-electron chi connectivity index (χ1n) is 7.44. The molecule has 2 rings (SSSR count). The summed E-state index contributed by atoms with van der Waals surface area (Å²) in [5, 5.41) is 3.37. The van der Waals surface area contributed by atoms with Gasteiger partial charge in [0.25, 0.3) is 0 Å². The Bertz CT molecular complexity index is 505. The first kappa shape index (κ1) is 15.5. The van der Waals surface area contributed by atoms with E-state index in [0.717, 1.165) is 32.2 Å². The monoisotopic (exact) mass is 296 g/mol. The van der Waals surface area contributed by atoms with E-state index in [1.165, 1.54) is 12.0 Å². The Kier molecular flexibility index (Phi) is 5.57. The third kappa shape index (κ3) is 4.30. The molecule has 0 aromatic heterocycles. The van der Waals surface area contributed by atoms with Crippen LogP contribution in [-0.2, 0) is 16.4 Å². The van der Waals surface area contributed by atoms with Crippen molar-refractivity contribution >= 4 is 10.0 Å². The van der Waals surface area contributed by atoms with Gasteiger partial charge in [0.15, 0.2) is 0 Å². The molecule has 0 aliphatic carbocycles. The summed E-state index contributed by atoms with van der Waals surface area (Å²) >= 11 is 0. The summed E-state index contributed by atoms with van der Waals surface area (Å²) in [5.41, 5.74) is 1.18. The fraction of sp³-hybridized carbons (Fsp3) is 0.600. The largest absolute Gasteiger partial charge is 0.314 e. The first-order chi connectivity index (χ1) is 9.62. The lowest BCUT2D eigenvalue weighted by Gasteiger charge is -2.11. The highest BCUT2D eigenvalue weighted by Gasteiger charge is 2.17. The van der Waals surface area contributed by atoms with E-state index in [1.54, 1.807) is 12.1 Å². The molecule has 2 N–H and O–H groups in total. The number of benzene rings is 1. The van der Waals surface area contributed by atoms with Crippen molar-refractivity contribution in [2.45, 2.75) is 50.0 Å². The van der Waals surface area contributed by atoms with Crippen molar-refractivity contribution in [1.29, 1.82) is 0 Å². The van der Waals surface area contributed by atoms with Gasteiger partial charge in [0.1, 0.15) is 0 Å². The van der Waals surface area contributed by atoms with Crippen LogP contribution in [0.1, 0.15) is 38.2 Å². The molecule has 0 unspecified atom stereocenters. The van der Waals surface area contributed by atoms with Crippen LogP contribution in [0.4, 0.5) is 0 Å². The lowest BCUT2D eigenvalue weighted by Crippen LogP contribution is -2.30. The predicted molar refractivity (Wildman–Crippen MR) is 81.3 cm³/mol. The normalized spacial score (nSPS) is 19.4. The summed E-state index contributed by atoms with van der Waals surface area (Å²) in [6.07, 6.45) is 5.25. The van der Waals surface area contributed by atoms with E-state index in [4.69, 9.17) is 0 Å². The van der Waals surface area contributed by atoms with Gasteiger partial charge in [0, 0.05) is 12.6 Å². The Labute approximate surface area is 122 Å². The Balaban J connectivity index is 1.88. The molecule has 20 heavy (non-hydrogen) atoms. The van der Waals surface area contributed by atoms with E-state index in [-0.39, 0.29) is 0 Å². The maximum Gasteiger partial charge on any atom is 0.240 e. The van der Waals surface area contributed by atoms with Crippen LogP contribution in [0, 0.1) is 0 Å². The van der Waals surface area contributed by atoms with Gasteiger partial charge in [-0.3, -0.25) is 0 Å². The van der Waals surface area contributed by atoms with Gasteiger partial charge in [-0.25, -0.2) is 13.1 Å². The second kappa shape index (κ2) is 7.20. The van der Waals surface area contributed by atoms with Gasteiger partial charge in [-0.2, -0.15) is 0 Å². The van der Waals surface area contributed by atoms with Crippen molar-refractivity contribution in [3.05, 3.63) is 29.8 Å². The molecular weight excluding hydrogens is 272 g/mol. The molecular formula is C15H24N2O2S. The number of hydrogen-bond acceptors (Lipinski definition) is 3. The summed E-state index contributed by atoms with van der Waals surface area (Å²) in [6, 6.07) is 7.65. The molecule has 1 saturated heterocycles.